The highest BCUT2D eigenvalue weighted by atomic mass is 19.1. The molecule has 0 aliphatic heterocycles. The fourth-order valence-corrected chi connectivity index (χ4v) is 4.03. The van der Waals surface area contributed by atoms with Gasteiger partial charge in [-0.25, -0.2) is 14.4 Å². The van der Waals surface area contributed by atoms with Gasteiger partial charge < -0.3 is 10.1 Å². The van der Waals surface area contributed by atoms with Gasteiger partial charge in [-0.2, -0.15) is 0 Å². The van der Waals surface area contributed by atoms with Crippen LogP contribution in [0, 0.1) is 5.82 Å². The largest absolute Gasteiger partial charge is 0.497 e. The van der Waals surface area contributed by atoms with Crippen LogP contribution in [0.1, 0.15) is 24.3 Å². The Bertz CT molecular complexity index is 1380. The molecule has 8 heteroatoms. The Morgan fingerprint density at radius 3 is 2.58 bits per heavy atom. The molecule has 5 rings (SSSR count). The highest BCUT2D eigenvalue weighted by Gasteiger charge is 2.36. The third kappa shape index (κ3) is 3.91. The van der Waals surface area contributed by atoms with Crippen molar-refractivity contribution in [1.29, 1.82) is 0 Å². The average Bonchev–Trinajstić information content (AvgIpc) is 3.18. The first-order valence-corrected chi connectivity index (χ1v) is 10.4. The van der Waals surface area contributed by atoms with Crippen LogP contribution >= 0.6 is 0 Å². The fourth-order valence-electron chi connectivity index (χ4n) is 4.03. The number of nitrogens with one attached hydrogen (secondary N) is 1. The maximum absolute atomic E-state index is 14.1. The zero-order chi connectivity index (χ0) is 22.9. The highest BCUT2D eigenvalue weighted by molar-refractivity contribution is 6.14. The van der Waals surface area contributed by atoms with Gasteiger partial charge in [-0.15, -0.1) is 0 Å². The van der Waals surface area contributed by atoms with Gasteiger partial charge in [0.05, 0.1) is 12.6 Å². The summed E-state index contributed by atoms with van der Waals surface area (Å²) >= 11 is 0. The molecule has 4 aromatic rings. The number of carbonyl (C=O) groups excluding carboxylic acids is 2. The van der Waals surface area contributed by atoms with Gasteiger partial charge in [-0.3, -0.25) is 14.6 Å². The zero-order valence-electron chi connectivity index (χ0n) is 17.7. The topological polar surface area (TPSA) is 94.1 Å². The number of hydrogen-bond acceptors (Lipinski definition) is 7. The van der Waals surface area contributed by atoms with Gasteiger partial charge >= 0.3 is 0 Å². The van der Waals surface area contributed by atoms with Crippen LogP contribution in [0.5, 0.6) is 5.75 Å². The Morgan fingerprint density at radius 2 is 1.85 bits per heavy atom. The number of anilines is 2. The SMILES string of the molecule is COc1ccc2nc(-c3cccnc3)nc(Nc3ccc(F)cc3C3C(=O)CCC3=O)c2c1. The molecule has 0 unspecified atom stereocenters. The minimum atomic E-state index is -0.983. The van der Waals surface area contributed by atoms with Crippen molar-refractivity contribution in [1.82, 2.24) is 15.0 Å². The van der Waals surface area contributed by atoms with Gasteiger partial charge in [0.15, 0.2) is 5.82 Å². The van der Waals surface area contributed by atoms with E-state index in [0.29, 0.717) is 39.5 Å². The van der Waals surface area contributed by atoms with E-state index in [-0.39, 0.29) is 24.4 Å². The third-order valence-electron chi connectivity index (χ3n) is 5.66. The van der Waals surface area contributed by atoms with E-state index in [1.54, 1.807) is 37.7 Å². The summed E-state index contributed by atoms with van der Waals surface area (Å²) in [4.78, 5) is 38.3. The number of fused-ring (bicyclic) bond motifs is 1. The highest BCUT2D eigenvalue weighted by Crippen LogP contribution is 2.36. The van der Waals surface area contributed by atoms with Gasteiger partial charge in [-0.1, -0.05) is 0 Å². The van der Waals surface area contributed by atoms with Crippen LogP contribution in [0.4, 0.5) is 15.9 Å². The van der Waals surface area contributed by atoms with E-state index in [1.165, 1.54) is 18.2 Å². The molecule has 2 heterocycles. The van der Waals surface area contributed by atoms with Crippen molar-refractivity contribution in [3.8, 4) is 17.1 Å². The second kappa shape index (κ2) is 8.38. The molecule has 1 saturated carbocycles. The number of Topliss-reactive ketones (excluding diaryl/α,β-unsaturated/α-hetero) is 2. The van der Waals surface area contributed by atoms with Gasteiger partial charge in [0.1, 0.15) is 34.9 Å². The molecule has 0 spiro atoms. The Balaban J connectivity index is 1.67. The second-order valence-corrected chi connectivity index (χ2v) is 7.74. The van der Waals surface area contributed by atoms with E-state index in [2.05, 4.69) is 20.3 Å². The van der Waals surface area contributed by atoms with Crippen LogP contribution in [0.25, 0.3) is 22.3 Å². The molecule has 1 N–H and O–H groups in total. The third-order valence-corrected chi connectivity index (χ3v) is 5.66. The number of ketones is 2. The number of carbonyl (C=O) groups is 2. The summed E-state index contributed by atoms with van der Waals surface area (Å²) in [6.45, 7) is 0. The maximum atomic E-state index is 14.1. The lowest BCUT2D eigenvalue weighted by atomic mass is 9.94. The summed E-state index contributed by atoms with van der Waals surface area (Å²) in [6, 6.07) is 13.1. The molecule has 164 valence electrons. The first-order chi connectivity index (χ1) is 16.0. The van der Waals surface area contributed by atoms with Crippen molar-refractivity contribution in [2.45, 2.75) is 18.8 Å². The Labute approximate surface area is 188 Å². The molecule has 2 aromatic carbocycles. The summed E-state index contributed by atoms with van der Waals surface area (Å²) < 4.78 is 19.5. The number of hydrogen-bond donors (Lipinski definition) is 1. The summed E-state index contributed by atoms with van der Waals surface area (Å²) in [5.74, 6) is -0.429. The lowest BCUT2D eigenvalue weighted by Gasteiger charge is -2.17. The number of aromatic nitrogens is 3. The van der Waals surface area contributed by atoms with Gasteiger partial charge in [0.25, 0.3) is 0 Å². The van der Waals surface area contributed by atoms with Crippen molar-refractivity contribution in [2.75, 3.05) is 12.4 Å². The summed E-state index contributed by atoms with van der Waals surface area (Å²) in [5.41, 5.74) is 2.12. The van der Waals surface area contributed by atoms with Crippen molar-refractivity contribution >= 4 is 34.0 Å². The van der Waals surface area contributed by atoms with Crippen LogP contribution in [0.2, 0.25) is 0 Å². The monoisotopic (exact) mass is 442 g/mol. The smallest absolute Gasteiger partial charge is 0.163 e. The molecule has 1 aliphatic rings. The molecule has 0 saturated heterocycles. The van der Waals surface area contributed by atoms with Gasteiger partial charge in [0.2, 0.25) is 0 Å². The normalized spacial score (nSPS) is 14.1. The number of pyridine rings is 1. The minimum Gasteiger partial charge on any atom is -0.497 e. The van der Waals surface area contributed by atoms with E-state index < -0.39 is 11.7 Å². The number of nitrogens with zero attached hydrogens (tertiary/aromatic N) is 3. The standard InChI is InChI=1S/C25H19FN4O3/c1-33-16-5-7-20-18(12-16)25(30-24(28-20)14-3-2-10-27-13-14)29-19-6-4-15(26)11-17(19)23-21(31)8-9-22(23)32/h2-7,10-13,23H,8-9H2,1H3,(H,28,29,30). The molecule has 1 aliphatic carbocycles. The van der Waals surface area contributed by atoms with E-state index in [0.717, 1.165) is 5.56 Å². The number of ether oxygens (including phenoxy) is 1. The van der Waals surface area contributed by atoms with Crippen LogP contribution in [-0.2, 0) is 9.59 Å². The quantitative estimate of drug-likeness (QED) is 0.452. The van der Waals surface area contributed by atoms with Gasteiger partial charge in [0, 0.05) is 41.9 Å². The molecule has 2 aromatic heterocycles. The summed E-state index contributed by atoms with van der Waals surface area (Å²) in [7, 11) is 1.56. The molecule has 0 bridgehead atoms. The predicted molar refractivity (Wildman–Crippen MR) is 121 cm³/mol. The lowest BCUT2D eigenvalue weighted by Crippen LogP contribution is -2.14. The van der Waals surface area contributed by atoms with Gasteiger partial charge in [-0.05, 0) is 54.1 Å². The van der Waals surface area contributed by atoms with E-state index >= 15 is 0 Å². The minimum absolute atomic E-state index is 0.165. The molecular weight excluding hydrogens is 423 g/mol. The second-order valence-electron chi connectivity index (χ2n) is 7.74. The summed E-state index contributed by atoms with van der Waals surface area (Å²) in [6.07, 6.45) is 3.65. The Kier molecular flexibility index (Phi) is 5.26. The molecule has 0 amide bonds. The van der Waals surface area contributed by atoms with E-state index in [1.807, 2.05) is 12.1 Å². The van der Waals surface area contributed by atoms with Crippen molar-refractivity contribution in [3.05, 3.63) is 72.3 Å². The number of methoxy groups -OCH3 is 1. The Morgan fingerprint density at radius 1 is 1.03 bits per heavy atom. The van der Waals surface area contributed by atoms with Crippen molar-refractivity contribution in [3.63, 3.8) is 0 Å². The van der Waals surface area contributed by atoms with E-state index in [4.69, 9.17) is 4.74 Å². The molecule has 0 atom stereocenters. The molecule has 33 heavy (non-hydrogen) atoms. The number of rotatable bonds is 5. The fraction of sp³-hybridized carbons (Fsp3) is 0.160. The lowest BCUT2D eigenvalue weighted by molar-refractivity contribution is -0.123. The van der Waals surface area contributed by atoms with Crippen LogP contribution in [-0.4, -0.2) is 33.6 Å². The first kappa shape index (κ1) is 20.7. The number of halogens is 1. The molecule has 0 radical (unpaired) electrons. The molecule has 7 nitrogen and oxygen atoms in total. The van der Waals surface area contributed by atoms with Crippen LogP contribution in [0.15, 0.2) is 60.9 Å². The maximum Gasteiger partial charge on any atom is 0.163 e. The summed E-state index contributed by atoms with van der Waals surface area (Å²) in [5, 5.41) is 3.89. The molecule has 1 fully saturated rings. The number of benzene rings is 2. The van der Waals surface area contributed by atoms with E-state index in [9.17, 15) is 14.0 Å². The molecular formula is C25H19FN4O3. The predicted octanol–water partition coefficient (Wildman–Crippen LogP) is 4.60. The van der Waals surface area contributed by atoms with Crippen molar-refractivity contribution in [2.24, 2.45) is 0 Å². The Hall–Kier alpha value is -4.20. The van der Waals surface area contributed by atoms with Crippen LogP contribution < -0.4 is 10.1 Å². The van der Waals surface area contributed by atoms with Crippen molar-refractivity contribution < 1.29 is 18.7 Å². The first-order valence-electron chi connectivity index (χ1n) is 10.4. The zero-order valence-corrected chi connectivity index (χ0v) is 17.7. The van der Waals surface area contributed by atoms with Crippen LogP contribution in [0.3, 0.4) is 0 Å². The average molecular weight is 442 g/mol.